The Labute approximate surface area is 115 Å². The second kappa shape index (κ2) is 6.68. The zero-order valence-corrected chi connectivity index (χ0v) is 12.2. The Balaban J connectivity index is 2.98. The summed E-state index contributed by atoms with van der Waals surface area (Å²) in [5, 5.41) is 12.6. The third kappa shape index (κ3) is 3.55. The lowest BCUT2D eigenvalue weighted by Crippen LogP contribution is -2.49. The zero-order chi connectivity index (χ0) is 14.5. The van der Waals surface area contributed by atoms with Crippen LogP contribution in [0.25, 0.3) is 0 Å². The average molecular weight is 264 g/mol. The Morgan fingerprint density at radius 3 is 2.37 bits per heavy atom. The highest BCUT2D eigenvalue weighted by molar-refractivity contribution is 5.80. The van der Waals surface area contributed by atoms with Crippen LogP contribution < -0.4 is 5.32 Å². The number of rotatable bonds is 7. The molecule has 0 saturated heterocycles. The van der Waals surface area contributed by atoms with Crippen molar-refractivity contribution >= 4 is 5.97 Å². The fraction of sp³-hybridized carbons (Fsp3) is 0.533. The largest absolute Gasteiger partial charge is 0.480 e. The lowest BCUT2D eigenvalue weighted by molar-refractivity contribution is -0.145. The van der Waals surface area contributed by atoms with Gasteiger partial charge in [-0.2, -0.15) is 0 Å². The summed E-state index contributed by atoms with van der Waals surface area (Å²) in [5.74, 6) is -0.835. The average Bonchev–Trinajstić information content (AvgIpc) is 2.40. The molecule has 0 amide bonds. The van der Waals surface area contributed by atoms with Crippen molar-refractivity contribution in [2.45, 2.75) is 31.8 Å². The van der Waals surface area contributed by atoms with Gasteiger partial charge in [-0.3, -0.25) is 0 Å². The number of benzene rings is 1. The molecule has 1 aromatic rings. The Morgan fingerprint density at radius 2 is 1.95 bits per heavy atom. The van der Waals surface area contributed by atoms with Gasteiger partial charge >= 0.3 is 5.97 Å². The van der Waals surface area contributed by atoms with Crippen molar-refractivity contribution in [3.8, 4) is 0 Å². The molecule has 1 rings (SSSR count). The van der Waals surface area contributed by atoms with E-state index in [2.05, 4.69) is 24.1 Å². The van der Waals surface area contributed by atoms with Crippen LogP contribution in [-0.2, 0) is 10.3 Å². The van der Waals surface area contributed by atoms with E-state index >= 15 is 0 Å². The predicted molar refractivity (Wildman–Crippen MR) is 77.2 cm³/mol. The van der Waals surface area contributed by atoms with Gasteiger partial charge in [-0.25, -0.2) is 4.79 Å². The number of nitrogens with zero attached hydrogens (tertiary/aromatic N) is 1. The Hall–Kier alpha value is -1.39. The molecule has 0 aliphatic carbocycles. The number of hydrogen-bond donors (Lipinski definition) is 2. The van der Waals surface area contributed by atoms with E-state index in [1.165, 1.54) is 0 Å². The van der Waals surface area contributed by atoms with E-state index in [0.717, 1.165) is 12.1 Å². The van der Waals surface area contributed by atoms with Crippen LogP contribution in [0.2, 0.25) is 0 Å². The molecule has 0 aromatic heterocycles. The molecule has 4 heteroatoms. The van der Waals surface area contributed by atoms with Crippen LogP contribution >= 0.6 is 0 Å². The third-order valence-corrected chi connectivity index (χ3v) is 3.78. The van der Waals surface area contributed by atoms with Crippen molar-refractivity contribution in [1.82, 2.24) is 10.2 Å². The minimum Gasteiger partial charge on any atom is -0.480 e. The Morgan fingerprint density at radius 1 is 1.37 bits per heavy atom. The van der Waals surface area contributed by atoms with Crippen LogP contribution in [0.5, 0.6) is 0 Å². The fourth-order valence-corrected chi connectivity index (χ4v) is 2.08. The number of carboxylic acid groups (broad SMARTS) is 1. The Kier molecular flexibility index (Phi) is 5.51. The zero-order valence-electron chi connectivity index (χ0n) is 12.2. The first-order chi connectivity index (χ1) is 8.94. The first-order valence-electron chi connectivity index (χ1n) is 6.62. The topological polar surface area (TPSA) is 52.6 Å². The molecule has 2 N–H and O–H groups in total. The maximum absolute atomic E-state index is 11.8. The second-order valence-electron chi connectivity index (χ2n) is 5.15. The van der Waals surface area contributed by atoms with Crippen LogP contribution in [0, 0.1) is 0 Å². The molecule has 0 spiro atoms. The van der Waals surface area contributed by atoms with Crippen molar-refractivity contribution in [1.29, 1.82) is 0 Å². The van der Waals surface area contributed by atoms with Gasteiger partial charge in [-0.05, 0) is 39.9 Å². The summed E-state index contributed by atoms with van der Waals surface area (Å²) in [7, 11) is 3.72. The number of aliphatic carboxylic acids is 1. The SMILES string of the molecule is CNC(CCN(C)C(C)C)(C(=O)O)c1ccccc1. The smallest absolute Gasteiger partial charge is 0.328 e. The number of carboxylic acids is 1. The molecule has 0 aliphatic rings. The molecule has 1 unspecified atom stereocenters. The molecule has 0 radical (unpaired) electrons. The minimum absolute atomic E-state index is 0.402. The third-order valence-electron chi connectivity index (χ3n) is 3.78. The van der Waals surface area contributed by atoms with Gasteiger partial charge in [0.05, 0.1) is 0 Å². The standard InChI is InChI=1S/C15H24N2O2/c1-12(2)17(4)11-10-15(16-3,14(18)19)13-8-6-5-7-9-13/h5-9,12,16H,10-11H2,1-4H3,(H,18,19). The number of likely N-dealkylation sites (N-methyl/N-ethyl adjacent to an activating group) is 1. The Bertz CT molecular complexity index is 406. The number of nitrogens with one attached hydrogen (secondary N) is 1. The van der Waals surface area contributed by atoms with Crippen molar-refractivity contribution in [2.24, 2.45) is 0 Å². The summed E-state index contributed by atoms with van der Waals surface area (Å²) in [5.41, 5.74) is -0.230. The van der Waals surface area contributed by atoms with Gasteiger partial charge in [0.2, 0.25) is 0 Å². The number of hydrogen-bond acceptors (Lipinski definition) is 3. The minimum atomic E-state index is -1.02. The maximum atomic E-state index is 11.8. The van der Waals surface area contributed by atoms with Crippen LogP contribution in [-0.4, -0.2) is 42.7 Å². The quantitative estimate of drug-likeness (QED) is 0.790. The predicted octanol–water partition coefficient (Wildman–Crippen LogP) is 1.92. The highest BCUT2D eigenvalue weighted by atomic mass is 16.4. The first-order valence-corrected chi connectivity index (χ1v) is 6.62. The van der Waals surface area contributed by atoms with Gasteiger partial charge in [0.25, 0.3) is 0 Å². The van der Waals surface area contributed by atoms with Gasteiger partial charge in [-0.1, -0.05) is 30.3 Å². The second-order valence-corrected chi connectivity index (χ2v) is 5.15. The summed E-state index contributed by atoms with van der Waals surface area (Å²) in [6, 6.07) is 9.76. The van der Waals surface area contributed by atoms with E-state index < -0.39 is 11.5 Å². The lowest BCUT2D eigenvalue weighted by atomic mass is 9.86. The lowest BCUT2D eigenvalue weighted by Gasteiger charge is -2.32. The molecule has 0 saturated carbocycles. The maximum Gasteiger partial charge on any atom is 0.328 e. The monoisotopic (exact) mass is 264 g/mol. The van der Waals surface area contributed by atoms with Gasteiger partial charge < -0.3 is 15.3 Å². The van der Waals surface area contributed by atoms with E-state index in [1.807, 2.05) is 37.4 Å². The van der Waals surface area contributed by atoms with Gasteiger partial charge in [0.15, 0.2) is 0 Å². The molecule has 0 fully saturated rings. The fourth-order valence-electron chi connectivity index (χ4n) is 2.08. The number of carbonyl (C=O) groups is 1. The highest BCUT2D eigenvalue weighted by Crippen LogP contribution is 2.25. The molecule has 0 aliphatic heterocycles. The van der Waals surface area contributed by atoms with E-state index in [1.54, 1.807) is 7.05 Å². The summed E-state index contributed by atoms with van der Waals surface area (Å²) >= 11 is 0. The van der Waals surface area contributed by atoms with Crippen LogP contribution in [0.15, 0.2) is 30.3 Å². The summed E-state index contributed by atoms with van der Waals surface area (Å²) < 4.78 is 0. The molecule has 0 bridgehead atoms. The summed E-state index contributed by atoms with van der Waals surface area (Å²) in [4.78, 5) is 13.9. The van der Waals surface area contributed by atoms with Gasteiger partial charge in [0, 0.05) is 12.6 Å². The molecular weight excluding hydrogens is 240 g/mol. The molecule has 19 heavy (non-hydrogen) atoms. The molecule has 0 heterocycles. The van der Waals surface area contributed by atoms with Crippen molar-refractivity contribution in [3.05, 3.63) is 35.9 Å². The highest BCUT2D eigenvalue weighted by Gasteiger charge is 2.38. The van der Waals surface area contributed by atoms with E-state index in [-0.39, 0.29) is 0 Å². The van der Waals surface area contributed by atoms with Crippen molar-refractivity contribution in [2.75, 3.05) is 20.6 Å². The molecule has 106 valence electrons. The summed E-state index contributed by atoms with van der Waals surface area (Å²) in [6.45, 7) is 4.92. The van der Waals surface area contributed by atoms with Crippen LogP contribution in [0.4, 0.5) is 0 Å². The van der Waals surface area contributed by atoms with Crippen LogP contribution in [0.1, 0.15) is 25.8 Å². The van der Waals surface area contributed by atoms with E-state index in [4.69, 9.17) is 0 Å². The van der Waals surface area contributed by atoms with E-state index in [0.29, 0.717) is 12.5 Å². The van der Waals surface area contributed by atoms with Gasteiger partial charge in [0.1, 0.15) is 5.54 Å². The molecule has 4 nitrogen and oxygen atoms in total. The van der Waals surface area contributed by atoms with Crippen LogP contribution in [0.3, 0.4) is 0 Å². The molecule has 1 atom stereocenters. The van der Waals surface area contributed by atoms with Crippen molar-refractivity contribution < 1.29 is 9.90 Å². The van der Waals surface area contributed by atoms with Crippen molar-refractivity contribution in [3.63, 3.8) is 0 Å². The van der Waals surface area contributed by atoms with E-state index in [9.17, 15) is 9.90 Å². The molecule has 1 aromatic carbocycles. The summed E-state index contributed by atoms with van der Waals surface area (Å²) in [6.07, 6.45) is 0.525. The normalized spacial score (nSPS) is 14.6. The first kappa shape index (κ1) is 15.7. The molecular formula is C15H24N2O2. The van der Waals surface area contributed by atoms with Gasteiger partial charge in [-0.15, -0.1) is 0 Å².